The molecule has 3 aromatic rings. The van der Waals surface area contributed by atoms with Crippen molar-refractivity contribution in [3.05, 3.63) is 39.9 Å². The smallest absolute Gasteiger partial charge is 0.305 e. The minimum absolute atomic E-state index is 0.122. The second-order valence-electron chi connectivity index (χ2n) is 6.95. The molecule has 3 rings (SSSR count). The number of hydrazine groups is 1. The molecule has 0 spiro atoms. The molecular weight excluding hydrogens is 434 g/mol. The fourth-order valence-corrected chi connectivity index (χ4v) is 4.27. The van der Waals surface area contributed by atoms with Crippen molar-refractivity contribution in [2.24, 2.45) is 0 Å². The summed E-state index contributed by atoms with van der Waals surface area (Å²) >= 11 is 1.19. The number of nitrogens with zero attached hydrogens (tertiary/aromatic N) is 3. The summed E-state index contributed by atoms with van der Waals surface area (Å²) in [5, 5.41) is 0.654. The van der Waals surface area contributed by atoms with Crippen LogP contribution in [0.2, 0.25) is 0 Å². The molecule has 10 nitrogen and oxygen atoms in total. The van der Waals surface area contributed by atoms with Gasteiger partial charge in [0.25, 0.3) is 5.91 Å². The molecule has 0 unspecified atom stereocenters. The number of rotatable bonds is 9. The molecule has 0 aliphatic heterocycles. The van der Waals surface area contributed by atoms with E-state index in [0.717, 1.165) is 13.1 Å². The van der Waals surface area contributed by atoms with Crippen molar-refractivity contribution in [2.75, 3.05) is 27.3 Å². The number of nitrogens with one attached hydrogen (secondary N) is 2. The fourth-order valence-electron chi connectivity index (χ4n) is 3.19. The van der Waals surface area contributed by atoms with E-state index >= 15 is 0 Å². The summed E-state index contributed by atoms with van der Waals surface area (Å²) in [7, 11) is 3.06. The lowest BCUT2D eigenvalue weighted by atomic mass is 10.2. The predicted octanol–water partition coefficient (Wildman–Crippen LogP) is 2.66. The number of amides is 2. The van der Waals surface area contributed by atoms with Gasteiger partial charge in [-0.15, -0.1) is 11.3 Å². The van der Waals surface area contributed by atoms with Crippen LogP contribution in [0.5, 0.6) is 5.88 Å². The molecule has 0 saturated heterocycles. The molecule has 0 atom stereocenters. The number of aryl methyl sites for hydroxylation is 1. The van der Waals surface area contributed by atoms with Crippen LogP contribution in [0.1, 0.15) is 51.2 Å². The Kier molecular flexibility index (Phi) is 7.78. The second-order valence-corrected chi connectivity index (χ2v) is 7.95. The van der Waals surface area contributed by atoms with Gasteiger partial charge in [-0.2, -0.15) is 4.98 Å². The summed E-state index contributed by atoms with van der Waals surface area (Å²) in [6, 6.07) is 3.34. The zero-order valence-corrected chi connectivity index (χ0v) is 19.6. The summed E-state index contributed by atoms with van der Waals surface area (Å²) < 4.78 is 16.1. The number of fused-ring (bicyclic) bond motifs is 1. The van der Waals surface area contributed by atoms with E-state index in [1.54, 1.807) is 26.2 Å². The summed E-state index contributed by atoms with van der Waals surface area (Å²) in [6.45, 7) is 8.50. The molecule has 3 aromatic heterocycles. The Morgan fingerprint density at radius 1 is 1.12 bits per heavy atom. The maximum absolute atomic E-state index is 12.7. The Bertz CT molecular complexity index is 1110. The van der Waals surface area contributed by atoms with Crippen molar-refractivity contribution in [2.45, 2.75) is 33.9 Å². The number of ether oxygens (including phenoxy) is 2. The normalized spacial score (nSPS) is 11.2. The van der Waals surface area contributed by atoms with Gasteiger partial charge in [-0.25, -0.2) is 4.98 Å². The highest BCUT2D eigenvalue weighted by Gasteiger charge is 2.22. The standard InChI is InChI=1S/C21H27N5O5S/c1-6-26(7-2)10-13-8-9-14(31-13)18(27)24-25-19(28)17-12(3)16-20(30-5)22-15(11-29-4)23-21(16)32-17/h8-9H,6-7,10-11H2,1-5H3,(H,24,27)(H,25,28). The van der Waals surface area contributed by atoms with Gasteiger partial charge >= 0.3 is 5.91 Å². The predicted molar refractivity (Wildman–Crippen MR) is 120 cm³/mol. The number of carbonyl (C=O) groups excluding carboxylic acids is 2. The third-order valence-corrected chi connectivity index (χ3v) is 6.11. The molecule has 32 heavy (non-hydrogen) atoms. The number of thiophene rings is 1. The van der Waals surface area contributed by atoms with Crippen molar-refractivity contribution in [3.8, 4) is 5.88 Å². The second kappa shape index (κ2) is 10.5. The van der Waals surface area contributed by atoms with E-state index in [1.807, 2.05) is 0 Å². The van der Waals surface area contributed by atoms with Crippen LogP contribution in [0.25, 0.3) is 10.2 Å². The molecule has 3 heterocycles. The van der Waals surface area contributed by atoms with Crippen LogP contribution in [0.15, 0.2) is 16.5 Å². The maximum Gasteiger partial charge on any atom is 0.305 e. The highest BCUT2D eigenvalue weighted by molar-refractivity contribution is 7.20. The van der Waals surface area contributed by atoms with E-state index in [-0.39, 0.29) is 12.4 Å². The summed E-state index contributed by atoms with van der Waals surface area (Å²) in [5.74, 6) is 0.624. The Morgan fingerprint density at radius 2 is 1.84 bits per heavy atom. The van der Waals surface area contributed by atoms with E-state index in [0.29, 0.717) is 44.7 Å². The molecule has 2 amide bonds. The SMILES string of the molecule is CCN(CC)Cc1ccc(C(=O)NNC(=O)c2sc3nc(COC)nc(OC)c3c2C)o1. The molecule has 0 bridgehead atoms. The lowest BCUT2D eigenvalue weighted by molar-refractivity contribution is 0.0830. The largest absolute Gasteiger partial charge is 0.480 e. The highest BCUT2D eigenvalue weighted by Crippen LogP contribution is 2.34. The lowest BCUT2D eigenvalue weighted by Crippen LogP contribution is -2.41. The Balaban J connectivity index is 1.71. The van der Waals surface area contributed by atoms with Crippen molar-refractivity contribution in [1.29, 1.82) is 0 Å². The number of hydrogen-bond acceptors (Lipinski definition) is 9. The third-order valence-electron chi connectivity index (χ3n) is 4.93. The lowest BCUT2D eigenvalue weighted by Gasteiger charge is -2.15. The van der Waals surface area contributed by atoms with Gasteiger partial charge in [0.15, 0.2) is 11.6 Å². The van der Waals surface area contributed by atoms with Crippen LogP contribution >= 0.6 is 11.3 Å². The van der Waals surface area contributed by atoms with E-state index in [9.17, 15) is 9.59 Å². The highest BCUT2D eigenvalue weighted by atomic mass is 32.1. The van der Waals surface area contributed by atoms with Crippen molar-refractivity contribution < 1.29 is 23.5 Å². The van der Waals surface area contributed by atoms with Gasteiger partial charge in [-0.1, -0.05) is 13.8 Å². The van der Waals surface area contributed by atoms with Crippen LogP contribution in [-0.2, 0) is 17.9 Å². The molecule has 0 fully saturated rings. The van der Waals surface area contributed by atoms with Crippen LogP contribution < -0.4 is 15.6 Å². The van der Waals surface area contributed by atoms with Crippen LogP contribution in [0.3, 0.4) is 0 Å². The first-order valence-electron chi connectivity index (χ1n) is 10.2. The van der Waals surface area contributed by atoms with E-state index in [2.05, 4.69) is 39.6 Å². The molecule has 0 saturated carbocycles. The maximum atomic E-state index is 12.7. The Labute approximate surface area is 189 Å². The van der Waals surface area contributed by atoms with Crippen molar-refractivity contribution in [1.82, 2.24) is 25.7 Å². The van der Waals surface area contributed by atoms with Gasteiger partial charge in [0.1, 0.15) is 17.2 Å². The first kappa shape index (κ1) is 23.6. The molecule has 11 heteroatoms. The van der Waals surface area contributed by atoms with Crippen LogP contribution in [-0.4, -0.2) is 54.0 Å². The minimum atomic E-state index is -0.539. The summed E-state index contributed by atoms with van der Waals surface area (Å²) in [4.78, 5) is 37.1. The van der Waals surface area contributed by atoms with Gasteiger partial charge in [0.2, 0.25) is 5.88 Å². The van der Waals surface area contributed by atoms with Crippen LogP contribution in [0, 0.1) is 6.92 Å². The molecular formula is C21H27N5O5S. The molecule has 0 aliphatic rings. The zero-order valence-electron chi connectivity index (χ0n) is 18.8. The third kappa shape index (κ3) is 5.06. The zero-order chi connectivity index (χ0) is 23.3. The average Bonchev–Trinajstić information content (AvgIpc) is 3.40. The molecule has 0 radical (unpaired) electrons. The number of aromatic nitrogens is 2. The number of methoxy groups -OCH3 is 2. The van der Waals surface area contributed by atoms with E-state index < -0.39 is 11.8 Å². The van der Waals surface area contributed by atoms with Crippen LogP contribution in [0.4, 0.5) is 0 Å². The molecule has 0 aliphatic carbocycles. The fraction of sp³-hybridized carbons (Fsp3) is 0.429. The van der Waals surface area contributed by atoms with Gasteiger partial charge in [-0.3, -0.25) is 25.3 Å². The van der Waals surface area contributed by atoms with E-state index in [1.165, 1.54) is 18.4 Å². The van der Waals surface area contributed by atoms with Crippen molar-refractivity contribution in [3.63, 3.8) is 0 Å². The van der Waals surface area contributed by atoms with Gasteiger partial charge in [-0.05, 0) is 37.7 Å². The monoisotopic (exact) mass is 461 g/mol. The Hall–Kier alpha value is -3.02. The number of hydrogen-bond donors (Lipinski definition) is 2. The average molecular weight is 462 g/mol. The first-order chi connectivity index (χ1) is 15.4. The quantitative estimate of drug-likeness (QED) is 0.467. The summed E-state index contributed by atoms with van der Waals surface area (Å²) in [6.07, 6.45) is 0. The summed E-state index contributed by atoms with van der Waals surface area (Å²) in [5.41, 5.74) is 5.50. The topological polar surface area (TPSA) is 119 Å². The van der Waals surface area contributed by atoms with E-state index in [4.69, 9.17) is 13.9 Å². The Morgan fingerprint density at radius 3 is 2.50 bits per heavy atom. The number of carbonyl (C=O) groups is 2. The van der Waals surface area contributed by atoms with Gasteiger partial charge in [0.05, 0.1) is 23.9 Å². The van der Waals surface area contributed by atoms with Gasteiger partial charge in [0, 0.05) is 7.11 Å². The molecule has 172 valence electrons. The number of furan rings is 1. The minimum Gasteiger partial charge on any atom is -0.480 e. The van der Waals surface area contributed by atoms with Crippen molar-refractivity contribution >= 4 is 33.4 Å². The van der Waals surface area contributed by atoms with Gasteiger partial charge < -0.3 is 13.9 Å². The molecule has 2 N–H and O–H groups in total. The molecule has 0 aromatic carbocycles. The first-order valence-corrected chi connectivity index (χ1v) is 11.0.